The molecule has 0 aromatic rings. The molecule has 2 heterocycles. The molecule has 0 spiro atoms. The number of carboxylic acids is 1. The van der Waals surface area contributed by atoms with Crippen LogP contribution < -0.4 is 0 Å². The predicted octanol–water partition coefficient (Wildman–Crippen LogP) is 1.01. The monoisotopic (exact) mass is 270 g/mol. The Morgan fingerprint density at radius 2 is 1.74 bits per heavy atom. The zero-order valence-corrected chi connectivity index (χ0v) is 11.5. The van der Waals surface area contributed by atoms with Crippen LogP contribution in [0.3, 0.4) is 0 Å². The number of rotatable bonds is 1. The Kier molecular flexibility index (Phi) is 4.29. The Labute approximate surface area is 113 Å². The van der Waals surface area contributed by atoms with Gasteiger partial charge in [0.1, 0.15) is 0 Å². The zero-order valence-electron chi connectivity index (χ0n) is 11.5. The van der Waals surface area contributed by atoms with Crippen molar-refractivity contribution in [1.29, 1.82) is 0 Å². The number of morpholine rings is 1. The van der Waals surface area contributed by atoms with Crippen LogP contribution in [0.15, 0.2) is 0 Å². The average Bonchev–Trinajstić information content (AvgIpc) is 2.37. The number of nitrogens with zero attached hydrogens (tertiary/aromatic N) is 2. The second-order valence-electron chi connectivity index (χ2n) is 5.57. The molecule has 2 fully saturated rings. The standard InChI is InChI=1S/C13H22N2O4/c1-9-6-15(7-10(2)19-9)13(18)14-5-3-4-11(8-14)12(16)17/h9-11H,3-8H2,1-2H3,(H,16,17)/t9?,10?,11-/m1/s1. The van der Waals surface area contributed by atoms with Crippen molar-refractivity contribution in [2.45, 2.75) is 38.9 Å². The largest absolute Gasteiger partial charge is 0.481 e. The molecule has 0 aromatic carbocycles. The maximum absolute atomic E-state index is 12.4. The molecule has 108 valence electrons. The molecule has 2 amide bonds. The summed E-state index contributed by atoms with van der Waals surface area (Å²) in [5, 5.41) is 9.06. The van der Waals surface area contributed by atoms with Crippen LogP contribution in [0.25, 0.3) is 0 Å². The molecule has 6 nitrogen and oxygen atoms in total. The first-order valence-electron chi connectivity index (χ1n) is 6.89. The fourth-order valence-corrected chi connectivity index (χ4v) is 2.89. The summed E-state index contributed by atoms with van der Waals surface area (Å²) in [5.74, 6) is -1.23. The molecule has 2 saturated heterocycles. The number of piperidine rings is 1. The number of carbonyl (C=O) groups is 2. The summed E-state index contributed by atoms with van der Waals surface area (Å²) < 4.78 is 5.61. The van der Waals surface area contributed by atoms with E-state index in [9.17, 15) is 9.59 Å². The Hall–Kier alpha value is -1.30. The third kappa shape index (κ3) is 3.37. The topological polar surface area (TPSA) is 70.1 Å². The van der Waals surface area contributed by atoms with Crippen molar-refractivity contribution in [3.63, 3.8) is 0 Å². The lowest BCUT2D eigenvalue weighted by Crippen LogP contribution is -2.55. The van der Waals surface area contributed by atoms with Gasteiger partial charge in [-0.15, -0.1) is 0 Å². The van der Waals surface area contributed by atoms with E-state index >= 15 is 0 Å². The average molecular weight is 270 g/mol. The summed E-state index contributed by atoms with van der Waals surface area (Å²) >= 11 is 0. The quantitative estimate of drug-likeness (QED) is 0.772. The molecule has 0 radical (unpaired) electrons. The van der Waals surface area contributed by atoms with Gasteiger partial charge in [0, 0.05) is 26.2 Å². The Bertz CT molecular complexity index is 351. The number of likely N-dealkylation sites (tertiary alicyclic amines) is 1. The van der Waals surface area contributed by atoms with Gasteiger partial charge in [0.05, 0.1) is 18.1 Å². The number of urea groups is 1. The van der Waals surface area contributed by atoms with Crippen LogP contribution in [0.2, 0.25) is 0 Å². The Balaban J connectivity index is 1.96. The van der Waals surface area contributed by atoms with Crippen molar-refractivity contribution < 1.29 is 19.4 Å². The van der Waals surface area contributed by atoms with Crippen molar-refractivity contribution in [3.8, 4) is 0 Å². The molecule has 0 aromatic heterocycles. The summed E-state index contributed by atoms with van der Waals surface area (Å²) in [5.41, 5.74) is 0. The molecular weight excluding hydrogens is 248 g/mol. The summed E-state index contributed by atoms with van der Waals surface area (Å²) in [4.78, 5) is 26.9. The molecule has 3 atom stereocenters. The zero-order chi connectivity index (χ0) is 14.0. The number of ether oxygens (including phenoxy) is 1. The highest BCUT2D eigenvalue weighted by Gasteiger charge is 2.33. The Morgan fingerprint density at radius 3 is 2.32 bits per heavy atom. The second-order valence-corrected chi connectivity index (χ2v) is 5.57. The van der Waals surface area contributed by atoms with E-state index in [0.29, 0.717) is 32.6 Å². The molecule has 0 aliphatic carbocycles. The van der Waals surface area contributed by atoms with Gasteiger partial charge in [-0.1, -0.05) is 0 Å². The van der Waals surface area contributed by atoms with E-state index in [4.69, 9.17) is 9.84 Å². The van der Waals surface area contributed by atoms with E-state index in [2.05, 4.69) is 0 Å². The van der Waals surface area contributed by atoms with Crippen LogP contribution in [0, 0.1) is 5.92 Å². The van der Waals surface area contributed by atoms with Crippen LogP contribution in [-0.2, 0) is 9.53 Å². The third-order valence-electron chi connectivity index (χ3n) is 3.73. The van der Waals surface area contributed by atoms with Gasteiger partial charge in [0.2, 0.25) is 0 Å². The van der Waals surface area contributed by atoms with Crippen molar-refractivity contribution >= 4 is 12.0 Å². The number of carboxylic acid groups (broad SMARTS) is 1. The van der Waals surface area contributed by atoms with E-state index in [-0.39, 0.29) is 18.2 Å². The first-order chi connectivity index (χ1) is 8.97. The van der Waals surface area contributed by atoms with Gasteiger partial charge in [-0.25, -0.2) is 4.79 Å². The maximum Gasteiger partial charge on any atom is 0.320 e. The normalized spacial score (nSPS) is 32.2. The van der Waals surface area contributed by atoms with Gasteiger partial charge in [-0.3, -0.25) is 4.79 Å². The molecule has 2 aliphatic rings. The SMILES string of the molecule is CC1CN(C(=O)N2CCC[C@@H](C(=O)O)C2)CC(C)O1. The number of carbonyl (C=O) groups excluding carboxylic acids is 1. The molecule has 2 rings (SSSR count). The minimum absolute atomic E-state index is 0.0350. The van der Waals surface area contributed by atoms with Gasteiger partial charge >= 0.3 is 12.0 Å². The molecule has 0 bridgehead atoms. The fraction of sp³-hybridized carbons (Fsp3) is 0.846. The summed E-state index contributed by atoms with van der Waals surface area (Å²) in [6, 6.07) is -0.0482. The third-order valence-corrected chi connectivity index (χ3v) is 3.73. The van der Waals surface area contributed by atoms with Crippen molar-refractivity contribution in [1.82, 2.24) is 9.80 Å². The molecule has 1 N–H and O–H groups in total. The highest BCUT2D eigenvalue weighted by atomic mass is 16.5. The maximum atomic E-state index is 12.4. The predicted molar refractivity (Wildman–Crippen MR) is 68.9 cm³/mol. The van der Waals surface area contributed by atoms with Gasteiger partial charge in [-0.2, -0.15) is 0 Å². The van der Waals surface area contributed by atoms with Gasteiger partial charge in [-0.05, 0) is 26.7 Å². The van der Waals surface area contributed by atoms with Crippen molar-refractivity contribution in [2.75, 3.05) is 26.2 Å². The van der Waals surface area contributed by atoms with E-state index < -0.39 is 11.9 Å². The Morgan fingerprint density at radius 1 is 1.11 bits per heavy atom. The molecule has 0 saturated carbocycles. The van der Waals surface area contributed by atoms with Gasteiger partial charge in [0.15, 0.2) is 0 Å². The van der Waals surface area contributed by atoms with Gasteiger partial charge in [0.25, 0.3) is 0 Å². The lowest BCUT2D eigenvalue weighted by molar-refractivity contribution is -0.143. The highest BCUT2D eigenvalue weighted by molar-refractivity contribution is 5.76. The van der Waals surface area contributed by atoms with Crippen LogP contribution in [0.1, 0.15) is 26.7 Å². The van der Waals surface area contributed by atoms with Crippen LogP contribution in [-0.4, -0.2) is 65.3 Å². The molecule has 2 aliphatic heterocycles. The smallest absolute Gasteiger partial charge is 0.320 e. The second kappa shape index (κ2) is 5.77. The minimum Gasteiger partial charge on any atom is -0.481 e. The first-order valence-corrected chi connectivity index (χ1v) is 6.89. The molecular formula is C13H22N2O4. The fourth-order valence-electron chi connectivity index (χ4n) is 2.89. The van der Waals surface area contributed by atoms with E-state index in [1.807, 2.05) is 13.8 Å². The summed E-state index contributed by atoms with van der Waals surface area (Å²) in [7, 11) is 0. The van der Waals surface area contributed by atoms with E-state index in [1.165, 1.54) is 0 Å². The highest BCUT2D eigenvalue weighted by Crippen LogP contribution is 2.20. The molecule has 2 unspecified atom stereocenters. The lowest BCUT2D eigenvalue weighted by atomic mass is 9.98. The first kappa shape index (κ1) is 14.1. The van der Waals surface area contributed by atoms with Crippen LogP contribution in [0.5, 0.6) is 0 Å². The minimum atomic E-state index is -0.804. The number of aliphatic carboxylic acids is 1. The van der Waals surface area contributed by atoms with Crippen LogP contribution in [0.4, 0.5) is 4.79 Å². The summed E-state index contributed by atoms with van der Waals surface area (Å²) in [6.45, 7) is 6.05. The van der Waals surface area contributed by atoms with E-state index in [0.717, 1.165) is 6.42 Å². The van der Waals surface area contributed by atoms with Crippen molar-refractivity contribution in [2.24, 2.45) is 5.92 Å². The van der Waals surface area contributed by atoms with Gasteiger partial charge < -0.3 is 19.6 Å². The van der Waals surface area contributed by atoms with E-state index in [1.54, 1.807) is 9.80 Å². The summed E-state index contributed by atoms with van der Waals surface area (Å²) in [6.07, 6.45) is 1.49. The lowest BCUT2D eigenvalue weighted by Gasteiger charge is -2.40. The molecule has 19 heavy (non-hydrogen) atoms. The van der Waals surface area contributed by atoms with Crippen molar-refractivity contribution in [3.05, 3.63) is 0 Å². The van der Waals surface area contributed by atoms with Crippen LogP contribution >= 0.6 is 0 Å². The number of hydrogen-bond donors (Lipinski definition) is 1. The number of amides is 2. The number of hydrogen-bond acceptors (Lipinski definition) is 3. The molecule has 6 heteroatoms.